The molecule has 3 rings (SSSR count). The summed E-state index contributed by atoms with van der Waals surface area (Å²) in [7, 11) is 0. The molecular formula is C18H24N4. The molecule has 0 aromatic carbocycles. The zero-order valence-corrected chi connectivity index (χ0v) is 12.9. The first kappa shape index (κ1) is 15.1. The van der Waals surface area contributed by atoms with Gasteiger partial charge in [-0.2, -0.15) is 0 Å². The Labute approximate surface area is 132 Å². The van der Waals surface area contributed by atoms with Gasteiger partial charge < -0.3 is 10.6 Å². The van der Waals surface area contributed by atoms with Crippen LogP contribution in [0.1, 0.15) is 36.9 Å². The van der Waals surface area contributed by atoms with E-state index in [4.69, 9.17) is 0 Å². The molecule has 22 heavy (non-hydrogen) atoms. The molecule has 2 heterocycles. The van der Waals surface area contributed by atoms with E-state index in [1.807, 2.05) is 30.7 Å². The van der Waals surface area contributed by atoms with E-state index in [-0.39, 0.29) is 0 Å². The predicted octanol–water partition coefficient (Wildman–Crippen LogP) is 2.67. The minimum absolute atomic E-state index is 0.526. The van der Waals surface area contributed by atoms with Crippen molar-refractivity contribution in [2.45, 2.75) is 50.9 Å². The van der Waals surface area contributed by atoms with Crippen LogP contribution < -0.4 is 10.6 Å². The Kier molecular flexibility index (Phi) is 5.51. The van der Waals surface area contributed by atoms with Crippen molar-refractivity contribution in [2.24, 2.45) is 0 Å². The average molecular weight is 296 g/mol. The van der Waals surface area contributed by atoms with Crippen LogP contribution in [0.25, 0.3) is 0 Å². The fourth-order valence-electron chi connectivity index (χ4n) is 3.11. The fraction of sp³-hybridized carbons (Fsp3) is 0.444. The number of pyridine rings is 2. The number of rotatable bonds is 6. The lowest BCUT2D eigenvalue weighted by Crippen LogP contribution is -2.49. The second kappa shape index (κ2) is 8.01. The number of aromatic nitrogens is 2. The smallest absolute Gasteiger partial charge is 0.0541 e. The molecule has 0 unspecified atom stereocenters. The molecule has 116 valence electrons. The Balaban J connectivity index is 1.52. The van der Waals surface area contributed by atoms with E-state index in [0.29, 0.717) is 12.1 Å². The van der Waals surface area contributed by atoms with Gasteiger partial charge in [0.15, 0.2) is 0 Å². The summed E-state index contributed by atoms with van der Waals surface area (Å²) >= 11 is 0. The molecule has 1 fully saturated rings. The van der Waals surface area contributed by atoms with Gasteiger partial charge in [-0.3, -0.25) is 9.97 Å². The van der Waals surface area contributed by atoms with Crippen LogP contribution >= 0.6 is 0 Å². The number of nitrogens with one attached hydrogen (secondary N) is 2. The van der Waals surface area contributed by atoms with Gasteiger partial charge in [0.05, 0.1) is 5.69 Å². The van der Waals surface area contributed by atoms with Crippen molar-refractivity contribution in [3.8, 4) is 0 Å². The second-order valence-corrected chi connectivity index (χ2v) is 5.94. The molecule has 2 N–H and O–H groups in total. The van der Waals surface area contributed by atoms with Crippen LogP contribution in [0.5, 0.6) is 0 Å². The summed E-state index contributed by atoms with van der Waals surface area (Å²) in [6.07, 6.45) is 10.7. The van der Waals surface area contributed by atoms with Crippen LogP contribution in [0.3, 0.4) is 0 Å². The lowest BCUT2D eigenvalue weighted by atomic mass is 9.90. The highest BCUT2D eigenvalue weighted by molar-refractivity contribution is 5.09. The molecule has 2 aromatic heterocycles. The Morgan fingerprint density at radius 3 is 2.27 bits per heavy atom. The van der Waals surface area contributed by atoms with E-state index in [1.54, 1.807) is 0 Å². The summed E-state index contributed by atoms with van der Waals surface area (Å²) in [5.74, 6) is 0. The van der Waals surface area contributed by atoms with Crippen LogP contribution in [0.15, 0.2) is 48.9 Å². The average Bonchev–Trinajstić information content (AvgIpc) is 2.61. The Hall–Kier alpha value is -1.78. The van der Waals surface area contributed by atoms with Crippen LogP contribution in [-0.4, -0.2) is 22.1 Å². The van der Waals surface area contributed by atoms with Gasteiger partial charge in [-0.15, -0.1) is 0 Å². The van der Waals surface area contributed by atoms with Crippen molar-refractivity contribution in [3.05, 3.63) is 60.2 Å². The van der Waals surface area contributed by atoms with Gasteiger partial charge in [-0.05, 0) is 42.7 Å². The largest absolute Gasteiger partial charge is 0.308 e. The highest BCUT2D eigenvalue weighted by atomic mass is 15.0. The van der Waals surface area contributed by atoms with Gasteiger partial charge in [0.2, 0.25) is 0 Å². The molecule has 4 heteroatoms. The number of hydrogen-bond acceptors (Lipinski definition) is 4. The minimum atomic E-state index is 0.526. The lowest BCUT2D eigenvalue weighted by Gasteiger charge is -2.33. The maximum absolute atomic E-state index is 4.39. The second-order valence-electron chi connectivity index (χ2n) is 5.94. The maximum Gasteiger partial charge on any atom is 0.0541 e. The minimum Gasteiger partial charge on any atom is -0.308 e. The van der Waals surface area contributed by atoms with Crippen molar-refractivity contribution in [3.63, 3.8) is 0 Å². The first-order chi connectivity index (χ1) is 10.9. The van der Waals surface area contributed by atoms with Gasteiger partial charge in [-0.25, -0.2) is 0 Å². The molecule has 1 saturated carbocycles. The van der Waals surface area contributed by atoms with E-state index in [9.17, 15) is 0 Å². The predicted molar refractivity (Wildman–Crippen MR) is 88.2 cm³/mol. The van der Waals surface area contributed by atoms with Gasteiger partial charge in [-0.1, -0.05) is 18.9 Å². The Morgan fingerprint density at radius 2 is 1.59 bits per heavy atom. The first-order valence-corrected chi connectivity index (χ1v) is 8.17. The van der Waals surface area contributed by atoms with Gasteiger partial charge >= 0.3 is 0 Å². The molecule has 0 spiro atoms. The van der Waals surface area contributed by atoms with Gasteiger partial charge in [0.25, 0.3) is 0 Å². The lowest BCUT2D eigenvalue weighted by molar-refractivity contribution is 0.280. The van der Waals surface area contributed by atoms with Gasteiger partial charge in [0, 0.05) is 43.8 Å². The molecule has 2 aromatic rings. The number of nitrogens with zero attached hydrogens (tertiary/aromatic N) is 2. The summed E-state index contributed by atoms with van der Waals surface area (Å²) in [5, 5.41) is 7.40. The highest BCUT2D eigenvalue weighted by Gasteiger charge is 2.24. The molecular weight excluding hydrogens is 272 g/mol. The monoisotopic (exact) mass is 296 g/mol. The zero-order chi connectivity index (χ0) is 15.0. The van der Waals surface area contributed by atoms with Gasteiger partial charge in [0.1, 0.15) is 0 Å². The van der Waals surface area contributed by atoms with Crippen LogP contribution in [0.4, 0.5) is 0 Å². The third-order valence-electron chi connectivity index (χ3n) is 4.36. The molecule has 0 saturated heterocycles. The molecule has 4 nitrogen and oxygen atoms in total. The van der Waals surface area contributed by atoms with E-state index in [2.05, 4.69) is 38.8 Å². The van der Waals surface area contributed by atoms with Crippen molar-refractivity contribution in [1.82, 2.24) is 20.6 Å². The van der Waals surface area contributed by atoms with E-state index >= 15 is 0 Å². The molecule has 0 bridgehead atoms. The molecule has 1 aliphatic carbocycles. The van der Waals surface area contributed by atoms with Crippen molar-refractivity contribution in [1.29, 1.82) is 0 Å². The van der Waals surface area contributed by atoms with Crippen LogP contribution in [0.2, 0.25) is 0 Å². The summed E-state index contributed by atoms with van der Waals surface area (Å²) in [6.45, 7) is 1.76. The SMILES string of the molecule is c1ccc(CN[C@@H]2CCCC[C@H]2NCc2ccncc2)nc1. The standard InChI is InChI=1S/C18H24N4/c1-2-7-18(22-14-16-5-3-4-10-20-16)17(6-1)21-13-15-8-11-19-12-9-15/h3-5,8-12,17-18,21-22H,1-2,6-7,13-14H2/t17-,18-/m1/s1. The molecule has 0 radical (unpaired) electrons. The zero-order valence-electron chi connectivity index (χ0n) is 12.9. The summed E-state index contributed by atoms with van der Waals surface area (Å²) in [4.78, 5) is 8.46. The van der Waals surface area contributed by atoms with E-state index < -0.39 is 0 Å². The number of hydrogen-bond donors (Lipinski definition) is 2. The fourth-order valence-corrected chi connectivity index (χ4v) is 3.11. The maximum atomic E-state index is 4.39. The van der Waals surface area contributed by atoms with E-state index in [0.717, 1.165) is 18.8 Å². The third kappa shape index (κ3) is 4.36. The first-order valence-electron chi connectivity index (χ1n) is 8.17. The Morgan fingerprint density at radius 1 is 0.864 bits per heavy atom. The van der Waals surface area contributed by atoms with Crippen molar-refractivity contribution in [2.75, 3.05) is 0 Å². The van der Waals surface area contributed by atoms with Crippen molar-refractivity contribution < 1.29 is 0 Å². The summed E-state index contributed by atoms with van der Waals surface area (Å²) < 4.78 is 0. The van der Waals surface area contributed by atoms with E-state index in [1.165, 1.54) is 31.2 Å². The molecule has 2 atom stereocenters. The summed E-state index contributed by atoms with van der Waals surface area (Å²) in [5.41, 5.74) is 2.41. The Bertz CT molecular complexity index is 492. The molecule has 0 amide bonds. The van der Waals surface area contributed by atoms with Crippen LogP contribution in [0, 0.1) is 0 Å². The quantitative estimate of drug-likeness (QED) is 0.860. The topological polar surface area (TPSA) is 49.8 Å². The summed E-state index contributed by atoms with van der Waals surface area (Å²) in [6, 6.07) is 11.3. The van der Waals surface area contributed by atoms with Crippen molar-refractivity contribution >= 4 is 0 Å². The molecule has 1 aliphatic rings. The highest BCUT2D eigenvalue weighted by Crippen LogP contribution is 2.19. The molecule has 0 aliphatic heterocycles. The third-order valence-corrected chi connectivity index (χ3v) is 4.36. The van der Waals surface area contributed by atoms with Crippen LogP contribution in [-0.2, 0) is 13.1 Å². The normalized spacial score (nSPS) is 21.6.